The fourth-order valence-corrected chi connectivity index (χ4v) is 2.82. The van der Waals surface area contributed by atoms with Crippen molar-refractivity contribution in [2.45, 2.75) is 31.5 Å². The number of ether oxygens (including phenoxy) is 2. The zero-order valence-corrected chi connectivity index (χ0v) is 16.7. The van der Waals surface area contributed by atoms with Crippen molar-refractivity contribution in [3.8, 4) is 0 Å². The number of hydrogen-bond acceptors (Lipinski definition) is 7. The van der Waals surface area contributed by atoms with E-state index in [-0.39, 0.29) is 23.7 Å². The molecule has 1 N–H and O–H groups in total. The van der Waals surface area contributed by atoms with Gasteiger partial charge in [-0.05, 0) is 59.1 Å². The van der Waals surface area contributed by atoms with Crippen LogP contribution in [0.3, 0.4) is 0 Å². The van der Waals surface area contributed by atoms with Gasteiger partial charge in [0.05, 0.1) is 18.8 Å². The van der Waals surface area contributed by atoms with Gasteiger partial charge in [-0.3, -0.25) is 9.68 Å². The first-order chi connectivity index (χ1) is 12.9. The molecule has 2 atom stereocenters. The van der Waals surface area contributed by atoms with Crippen molar-refractivity contribution < 1.29 is 33.6 Å². The fourth-order valence-electron chi connectivity index (χ4n) is 2.31. The Morgan fingerprint density at radius 3 is 2.67 bits per heavy atom. The minimum Gasteiger partial charge on any atom is -0.469 e. The number of furan rings is 1. The third-order valence-corrected chi connectivity index (χ3v) is 4.36. The van der Waals surface area contributed by atoms with E-state index < -0.39 is 5.97 Å². The van der Waals surface area contributed by atoms with Crippen LogP contribution in [0.5, 0.6) is 0 Å². The summed E-state index contributed by atoms with van der Waals surface area (Å²) in [7, 11) is 1.40. The van der Waals surface area contributed by atoms with Crippen molar-refractivity contribution in [3.05, 3.63) is 57.4 Å². The minimum absolute atomic E-state index is 0.0592. The van der Waals surface area contributed by atoms with Crippen LogP contribution in [0.1, 0.15) is 41.5 Å². The van der Waals surface area contributed by atoms with Crippen molar-refractivity contribution >= 4 is 39.5 Å². The SMILES string of the molecule is COC(=O)CCCC1OC1c1ccc(Br)o1.O=C(OO)c1cccc(Cl)c1. The average Bonchev–Trinajstić information content (AvgIpc) is 3.31. The second kappa shape index (κ2) is 10.5. The molecule has 1 aromatic carbocycles. The third-order valence-electron chi connectivity index (χ3n) is 3.70. The average molecular weight is 462 g/mol. The smallest absolute Gasteiger partial charge is 0.372 e. The van der Waals surface area contributed by atoms with Gasteiger partial charge in [0, 0.05) is 11.4 Å². The second-order valence-corrected chi connectivity index (χ2v) is 6.81. The van der Waals surface area contributed by atoms with Crippen LogP contribution in [-0.4, -0.2) is 30.4 Å². The molecule has 1 saturated heterocycles. The summed E-state index contributed by atoms with van der Waals surface area (Å²) in [6.45, 7) is 0. The monoisotopic (exact) mass is 460 g/mol. The van der Waals surface area contributed by atoms with Crippen molar-refractivity contribution in [1.82, 2.24) is 0 Å². The van der Waals surface area contributed by atoms with Gasteiger partial charge in [0.2, 0.25) is 0 Å². The Morgan fingerprint density at radius 1 is 1.30 bits per heavy atom. The Labute approximate surface area is 169 Å². The largest absolute Gasteiger partial charge is 0.469 e. The van der Waals surface area contributed by atoms with Gasteiger partial charge in [-0.15, -0.1) is 0 Å². The van der Waals surface area contributed by atoms with Crippen LogP contribution >= 0.6 is 27.5 Å². The highest BCUT2D eigenvalue weighted by atomic mass is 79.9. The van der Waals surface area contributed by atoms with E-state index in [0.29, 0.717) is 16.1 Å². The maximum absolute atomic E-state index is 10.9. The summed E-state index contributed by atoms with van der Waals surface area (Å²) in [5.41, 5.74) is 0.222. The first-order valence-corrected chi connectivity index (χ1v) is 9.20. The maximum atomic E-state index is 10.9. The Kier molecular flexibility index (Phi) is 8.30. The van der Waals surface area contributed by atoms with E-state index in [1.54, 1.807) is 12.1 Å². The van der Waals surface area contributed by atoms with Gasteiger partial charge < -0.3 is 13.9 Å². The lowest BCUT2D eigenvalue weighted by Crippen LogP contribution is -2.00. The van der Waals surface area contributed by atoms with E-state index in [9.17, 15) is 9.59 Å². The predicted octanol–water partition coefficient (Wildman–Crippen LogP) is 4.80. The molecule has 0 aliphatic carbocycles. The minimum atomic E-state index is -0.813. The number of esters is 1. The summed E-state index contributed by atoms with van der Waals surface area (Å²) in [4.78, 5) is 25.0. The molecular weight excluding hydrogens is 444 g/mol. The molecule has 0 amide bonds. The van der Waals surface area contributed by atoms with Crippen LogP contribution in [0, 0.1) is 0 Å². The summed E-state index contributed by atoms with van der Waals surface area (Å²) in [5.74, 6) is -0.139. The maximum Gasteiger partial charge on any atom is 0.372 e. The van der Waals surface area contributed by atoms with Gasteiger partial charge in [-0.25, -0.2) is 4.79 Å². The summed E-state index contributed by atoms with van der Waals surface area (Å²) < 4.78 is 16.1. The molecule has 1 aliphatic rings. The molecule has 146 valence electrons. The van der Waals surface area contributed by atoms with Gasteiger partial charge in [-0.1, -0.05) is 17.7 Å². The molecule has 0 bridgehead atoms. The lowest BCUT2D eigenvalue weighted by Gasteiger charge is -1.96. The molecule has 7 nitrogen and oxygen atoms in total. The predicted molar refractivity (Wildman–Crippen MR) is 99.4 cm³/mol. The summed E-state index contributed by atoms with van der Waals surface area (Å²) in [6, 6.07) is 9.85. The van der Waals surface area contributed by atoms with Crippen LogP contribution < -0.4 is 0 Å². The van der Waals surface area contributed by atoms with E-state index in [1.807, 2.05) is 12.1 Å². The highest BCUT2D eigenvalue weighted by molar-refractivity contribution is 9.10. The van der Waals surface area contributed by atoms with Crippen LogP contribution in [0.2, 0.25) is 5.02 Å². The molecule has 2 aromatic rings. The number of hydrogen-bond donors (Lipinski definition) is 1. The van der Waals surface area contributed by atoms with E-state index in [2.05, 4.69) is 25.6 Å². The van der Waals surface area contributed by atoms with E-state index >= 15 is 0 Å². The molecule has 1 fully saturated rings. The molecule has 1 aliphatic heterocycles. The number of halogens is 2. The first-order valence-electron chi connectivity index (χ1n) is 8.03. The fraction of sp³-hybridized carbons (Fsp3) is 0.333. The Hall–Kier alpha value is -1.87. The topological polar surface area (TPSA) is 98.5 Å². The number of benzene rings is 1. The normalized spacial score (nSPS) is 17.5. The van der Waals surface area contributed by atoms with Crippen LogP contribution in [0.15, 0.2) is 45.5 Å². The molecule has 1 aromatic heterocycles. The molecular formula is C18H18BrClO7. The molecule has 9 heteroatoms. The molecule has 2 heterocycles. The molecule has 27 heavy (non-hydrogen) atoms. The van der Waals surface area contributed by atoms with Gasteiger partial charge in [0.1, 0.15) is 11.9 Å². The lowest BCUT2D eigenvalue weighted by atomic mass is 10.1. The third kappa shape index (κ3) is 6.99. The summed E-state index contributed by atoms with van der Waals surface area (Å²) >= 11 is 8.80. The van der Waals surface area contributed by atoms with Gasteiger partial charge in [0.25, 0.3) is 0 Å². The lowest BCUT2D eigenvalue weighted by molar-refractivity contribution is -0.182. The first kappa shape index (κ1) is 21.4. The van der Waals surface area contributed by atoms with Crippen LogP contribution in [0.25, 0.3) is 0 Å². The molecule has 0 saturated carbocycles. The zero-order chi connectivity index (χ0) is 19.8. The molecule has 3 rings (SSSR count). The highest BCUT2D eigenvalue weighted by Gasteiger charge is 2.41. The summed E-state index contributed by atoms with van der Waals surface area (Å²) in [6.07, 6.45) is 2.34. The van der Waals surface area contributed by atoms with Crippen molar-refractivity contribution in [2.75, 3.05) is 7.11 Å². The number of methoxy groups -OCH3 is 1. The second-order valence-electron chi connectivity index (χ2n) is 5.59. The van der Waals surface area contributed by atoms with Crippen LogP contribution in [0.4, 0.5) is 0 Å². The van der Waals surface area contributed by atoms with Gasteiger partial charge >= 0.3 is 11.9 Å². The van der Waals surface area contributed by atoms with Crippen molar-refractivity contribution in [3.63, 3.8) is 0 Å². The van der Waals surface area contributed by atoms with Crippen molar-refractivity contribution in [2.24, 2.45) is 0 Å². The number of rotatable bonds is 6. The Balaban J connectivity index is 0.000000208. The Bertz CT molecular complexity index is 777. The van der Waals surface area contributed by atoms with Gasteiger partial charge in [0.15, 0.2) is 4.67 Å². The standard InChI is InChI=1S/C11H13BrO4.C7H5ClO3/c1-14-10(13)4-2-3-7-11(16-7)8-5-6-9(12)15-8;8-6-3-1-2-5(4-6)7(9)11-10/h5-7,11H,2-4H2,1H3;1-4,10H. The number of carbonyl (C=O) groups excluding carboxylic acids is 2. The van der Waals surface area contributed by atoms with E-state index in [4.69, 9.17) is 26.0 Å². The van der Waals surface area contributed by atoms with E-state index in [0.717, 1.165) is 18.6 Å². The Morgan fingerprint density at radius 2 is 2.07 bits per heavy atom. The molecule has 2 unspecified atom stereocenters. The quantitative estimate of drug-likeness (QED) is 0.286. The number of carbonyl (C=O) groups is 2. The highest BCUT2D eigenvalue weighted by Crippen LogP contribution is 2.42. The molecule has 0 spiro atoms. The summed E-state index contributed by atoms with van der Waals surface area (Å²) in [5, 5.41) is 8.41. The van der Waals surface area contributed by atoms with Crippen LogP contribution in [-0.2, 0) is 19.2 Å². The molecule has 0 radical (unpaired) electrons. The van der Waals surface area contributed by atoms with E-state index in [1.165, 1.54) is 19.2 Å². The van der Waals surface area contributed by atoms with Crippen molar-refractivity contribution in [1.29, 1.82) is 0 Å². The zero-order valence-electron chi connectivity index (χ0n) is 14.4. The van der Waals surface area contributed by atoms with Gasteiger partial charge in [-0.2, -0.15) is 5.26 Å². The number of epoxide rings is 1.